The molecule has 0 aliphatic carbocycles. The van der Waals surface area contributed by atoms with E-state index in [1.807, 2.05) is 42.5 Å². The number of ether oxygens (including phenoxy) is 1. The van der Waals surface area contributed by atoms with Crippen LogP contribution < -0.4 is 10.1 Å². The van der Waals surface area contributed by atoms with E-state index in [9.17, 15) is 5.11 Å². The normalized spacial score (nSPS) is 10.4. The van der Waals surface area contributed by atoms with Crippen LogP contribution in [0.5, 0.6) is 11.5 Å². The molecule has 0 radical (unpaired) electrons. The smallest absolute Gasteiger partial charge is 0.161 e. The van der Waals surface area contributed by atoms with Crippen molar-refractivity contribution in [2.24, 2.45) is 0 Å². The molecule has 2 aromatic carbocycles. The van der Waals surface area contributed by atoms with E-state index in [1.165, 1.54) is 0 Å². The third-order valence-corrected chi connectivity index (χ3v) is 3.66. The summed E-state index contributed by atoms with van der Waals surface area (Å²) in [5, 5.41) is 12.6. The second kappa shape index (κ2) is 7.46. The Hall–Kier alpha value is -3.08. The number of anilines is 1. The quantitative estimate of drug-likeness (QED) is 0.727. The van der Waals surface area contributed by atoms with Gasteiger partial charge in [-0.3, -0.25) is 0 Å². The van der Waals surface area contributed by atoms with Crippen molar-refractivity contribution in [3.8, 4) is 22.9 Å². The fraction of sp³-hybridized carbons (Fsp3) is 0.158. The SMILES string of the molecule is COc1ccc(-c2nccc(NCCc3ccc(O)cc3)n2)cc1. The Bertz CT molecular complexity index is 786. The maximum Gasteiger partial charge on any atom is 0.161 e. The Morgan fingerprint density at radius 2 is 1.75 bits per heavy atom. The molecule has 0 saturated carbocycles. The van der Waals surface area contributed by atoms with E-state index in [0.717, 1.165) is 35.7 Å². The summed E-state index contributed by atoms with van der Waals surface area (Å²) in [6.07, 6.45) is 2.59. The maximum absolute atomic E-state index is 9.29. The minimum Gasteiger partial charge on any atom is -0.508 e. The van der Waals surface area contributed by atoms with Gasteiger partial charge < -0.3 is 15.2 Å². The van der Waals surface area contributed by atoms with Crippen molar-refractivity contribution in [2.75, 3.05) is 19.0 Å². The van der Waals surface area contributed by atoms with Crippen LogP contribution in [0.4, 0.5) is 5.82 Å². The molecule has 3 aromatic rings. The van der Waals surface area contributed by atoms with Crippen LogP contribution in [0.15, 0.2) is 60.8 Å². The predicted octanol–water partition coefficient (Wildman–Crippen LogP) is 3.51. The number of benzene rings is 2. The Morgan fingerprint density at radius 1 is 1.00 bits per heavy atom. The molecule has 1 aromatic heterocycles. The van der Waals surface area contributed by atoms with E-state index in [0.29, 0.717) is 5.82 Å². The summed E-state index contributed by atoms with van der Waals surface area (Å²) in [6.45, 7) is 0.754. The van der Waals surface area contributed by atoms with E-state index in [1.54, 1.807) is 25.4 Å². The first-order valence-corrected chi connectivity index (χ1v) is 7.74. The third kappa shape index (κ3) is 4.01. The number of aromatic nitrogens is 2. The van der Waals surface area contributed by atoms with Gasteiger partial charge in [0, 0.05) is 18.3 Å². The summed E-state index contributed by atoms with van der Waals surface area (Å²) in [5.41, 5.74) is 2.10. The minimum absolute atomic E-state index is 0.284. The van der Waals surface area contributed by atoms with E-state index in [4.69, 9.17) is 4.74 Å². The van der Waals surface area contributed by atoms with Crippen LogP contribution in [-0.4, -0.2) is 28.7 Å². The first-order chi connectivity index (χ1) is 11.7. The number of hydrogen-bond acceptors (Lipinski definition) is 5. The van der Waals surface area contributed by atoms with E-state index >= 15 is 0 Å². The summed E-state index contributed by atoms with van der Waals surface area (Å²) in [5.74, 6) is 2.55. The van der Waals surface area contributed by atoms with Crippen LogP contribution in [0.25, 0.3) is 11.4 Å². The Morgan fingerprint density at radius 3 is 2.46 bits per heavy atom. The molecule has 122 valence electrons. The van der Waals surface area contributed by atoms with Crippen molar-refractivity contribution < 1.29 is 9.84 Å². The Labute approximate surface area is 141 Å². The molecule has 0 fully saturated rings. The van der Waals surface area contributed by atoms with E-state index in [2.05, 4.69) is 15.3 Å². The van der Waals surface area contributed by atoms with Crippen molar-refractivity contribution in [3.63, 3.8) is 0 Å². The lowest BCUT2D eigenvalue weighted by Crippen LogP contribution is -2.07. The lowest BCUT2D eigenvalue weighted by atomic mass is 10.1. The van der Waals surface area contributed by atoms with Gasteiger partial charge in [-0.1, -0.05) is 12.1 Å². The van der Waals surface area contributed by atoms with Gasteiger partial charge in [0.2, 0.25) is 0 Å². The van der Waals surface area contributed by atoms with Gasteiger partial charge in [0.25, 0.3) is 0 Å². The lowest BCUT2D eigenvalue weighted by molar-refractivity contribution is 0.415. The molecule has 5 nitrogen and oxygen atoms in total. The molecule has 0 atom stereocenters. The van der Waals surface area contributed by atoms with Crippen LogP contribution in [0, 0.1) is 0 Å². The van der Waals surface area contributed by atoms with E-state index < -0.39 is 0 Å². The minimum atomic E-state index is 0.284. The van der Waals surface area contributed by atoms with Crippen molar-refractivity contribution >= 4 is 5.82 Å². The first-order valence-electron chi connectivity index (χ1n) is 7.74. The van der Waals surface area contributed by atoms with Crippen LogP contribution in [0.3, 0.4) is 0 Å². The zero-order valence-corrected chi connectivity index (χ0v) is 13.4. The molecule has 2 N–H and O–H groups in total. The zero-order valence-electron chi connectivity index (χ0n) is 13.4. The highest BCUT2D eigenvalue weighted by Crippen LogP contribution is 2.20. The molecule has 1 heterocycles. The molecule has 24 heavy (non-hydrogen) atoms. The molecule has 0 aliphatic heterocycles. The highest BCUT2D eigenvalue weighted by molar-refractivity contribution is 5.58. The summed E-state index contributed by atoms with van der Waals surface area (Å²) >= 11 is 0. The second-order valence-corrected chi connectivity index (χ2v) is 5.34. The molecule has 5 heteroatoms. The number of nitrogens with zero attached hydrogens (tertiary/aromatic N) is 2. The number of rotatable bonds is 6. The second-order valence-electron chi connectivity index (χ2n) is 5.34. The predicted molar refractivity (Wildman–Crippen MR) is 94.3 cm³/mol. The highest BCUT2D eigenvalue weighted by atomic mass is 16.5. The highest BCUT2D eigenvalue weighted by Gasteiger charge is 2.03. The van der Waals surface area contributed by atoms with Crippen LogP contribution in [-0.2, 0) is 6.42 Å². The summed E-state index contributed by atoms with van der Waals surface area (Å²) < 4.78 is 5.16. The molecular formula is C19H19N3O2. The Balaban J connectivity index is 1.63. The molecule has 0 bridgehead atoms. The van der Waals surface area contributed by atoms with Gasteiger partial charge in [-0.05, 0) is 54.4 Å². The standard InChI is InChI=1S/C19H19N3O2/c1-24-17-8-4-15(5-9-17)19-21-13-11-18(22-19)20-12-10-14-2-6-16(23)7-3-14/h2-9,11,13,23H,10,12H2,1H3,(H,20,21,22). The van der Waals surface area contributed by atoms with Gasteiger partial charge in [-0.2, -0.15) is 0 Å². The fourth-order valence-corrected chi connectivity index (χ4v) is 2.33. The lowest BCUT2D eigenvalue weighted by Gasteiger charge is -2.08. The Kier molecular flexibility index (Phi) is 4.91. The van der Waals surface area contributed by atoms with Gasteiger partial charge in [0.15, 0.2) is 5.82 Å². The summed E-state index contributed by atoms with van der Waals surface area (Å²) in [4.78, 5) is 8.86. The van der Waals surface area contributed by atoms with Gasteiger partial charge in [-0.15, -0.1) is 0 Å². The van der Waals surface area contributed by atoms with Crippen LogP contribution >= 0.6 is 0 Å². The van der Waals surface area contributed by atoms with Crippen molar-refractivity contribution in [2.45, 2.75) is 6.42 Å². The summed E-state index contributed by atoms with van der Waals surface area (Å²) in [6, 6.07) is 16.7. The van der Waals surface area contributed by atoms with Crippen molar-refractivity contribution in [1.82, 2.24) is 9.97 Å². The first kappa shape index (κ1) is 15.8. The average Bonchev–Trinajstić information content (AvgIpc) is 2.64. The molecule has 0 spiro atoms. The van der Waals surface area contributed by atoms with Gasteiger partial charge in [0.1, 0.15) is 17.3 Å². The van der Waals surface area contributed by atoms with E-state index in [-0.39, 0.29) is 5.75 Å². The largest absolute Gasteiger partial charge is 0.508 e. The van der Waals surface area contributed by atoms with Gasteiger partial charge in [-0.25, -0.2) is 9.97 Å². The number of aromatic hydroxyl groups is 1. The van der Waals surface area contributed by atoms with Gasteiger partial charge >= 0.3 is 0 Å². The average molecular weight is 321 g/mol. The third-order valence-electron chi connectivity index (χ3n) is 3.66. The molecule has 0 saturated heterocycles. The maximum atomic E-state index is 9.29. The molecule has 0 aliphatic rings. The van der Waals surface area contributed by atoms with Gasteiger partial charge in [0.05, 0.1) is 7.11 Å². The fourth-order valence-electron chi connectivity index (χ4n) is 2.33. The molecule has 3 rings (SSSR count). The van der Waals surface area contributed by atoms with Crippen molar-refractivity contribution in [3.05, 3.63) is 66.4 Å². The monoisotopic (exact) mass is 321 g/mol. The van der Waals surface area contributed by atoms with Crippen LogP contribution in [0.2, 0.25) is 0 Å². The number of phenols is 1. The van der Waals surface area contributed by atoms with Crippen molar-refractivity contribution in [1.29, 1.82) is 0 Å². The summed E-state index contributed by atoms with van der Waals surface area (Å²) in [7, 11) is 1.64. The molecular weight excluding hydrogens is 302 g/mol. The van der Waals surface area contributed by atoms with Crippen LogP contribution in [0.1, 0.15) is 5.56 Å². The molecule has 0 amide bonds. The number of nitrogens with one attached hydrogen (secondary N) is 1. The number of phenolic OH excluding ortho intramolecular Hbond substituents is 1. The number of methoxy groups -OCH3 is 1. The zero-order chi connectivity index (χ0) is 16.8. The molecule has 0 unspecified atom stereocenters. The topological polar surface area (TPSA) is 67.3 Å². The number of hydrogen-bond donors (Lipinski definition) is 2.